The van der Waals surface area contributed by atoms with E-state index < -0.39 is 0 Å². The zero-order valence-electron chi connectivity index (χ0n) is 15.1. The highest BCUT2D eigenvalue weighted by molar-refractivity contribution is 9.10. The molecule has 1 aromatic heterocycles. The smallest absolute Gasteiger partial charge is 0.270 e. The largest absolute Gasteiger partial charge is 0.344 e. The average Bonchev–Trinajstić information content (AvgIpc) is 3.16. The van der Waals surface area contributed by atoms with Crippen LogP contribution in [-0.2, 0) is 4.79 Å². The Balaban J connectivity index is 1.76. The predicted molar refractivity (Wildman–Crippen MR) is 127 cm³/mol. The van der Waals surface area contributed by atoms with Crippen LogP contribution in [0, 0.1) is 0 Å². The minimum atomic E-state index is -0.130. The van der Waals surface area contributed by atoms with Gasteiger partial charge in [-0.3, -0.25) is 9.69 Å². The van der Waals surface area contributed by atoms with Crippen molar-refractivity contribution < 1.29 is 4.79 Å². The summed E-state index contributed by atoms with van der Waals surface area (Å²) in [6.45, 7) is 4.29. The molecule has 0 radical (unpaired) electrons. The van der Waals surface area contributed by atoms with Gasteiger partial charge in [0.1, 0.15) is 0 Å². The first kappa shape index (κ1) is 19.7. The number of rotatable bonds is 3. The number of aromatic nitrogens is 1. The number of carbonyl (C=O) groups is 1. The van der Waals surface area contributed by atoms with E-state index in [1.54, 1.807) is 6.07 Å². The first-order valence-electron chi connectivity index (χ1n) is 8.69. The van der Waals surface area contributed by atoms with Crippen LogP contribution in [0.25, 0.3) is 17.0 Å². The highest BCUT2D eigenvalue weighted by Gasteiger charge is 2.33. The van der Waals surface area contributed by atoms with Crippen molar-refractivity contribution in [3.8, 4) is 0 Å². The van der Waals surface area contributed by atoms with Gasteiger partial charge in [0, 0.05) is 33.2 Å². The van der Waals surface area contributed by atoms with Crippen LogP contribution in [0.5, 0.6) is 0 Å². The van der Waals surface area contributed by atoms with E-state index in [9.17, 15) is 4.79 Å². The van der Waals surface area contributed by atoms with Crippen LogP contribution in [0.2, 0.25) is 5.02 Å². The van der Waals surface area contributed by atoms with E-state index in [2.05, 4.69) is 52.7 Å². The molecule has 0 spiro atoms. The van der Waals surface area contributed by atoms with Crippen molar-refractivity contribution in [2.75, 3.05) is 4.90 Å². The fourth-order valence-corrected chi connectivity index (χ4v) is 4.94. The molecule has 0 aliphatic carbocycles. The lowest BCUT2D eigenvalue weighted by Gasteiger charge is -2.15. The molecule has 1 aliphatic heterocycles. The number of hydrogen-bond donors (Lipinski definition) is 0. The van der Waals surface area contributed by atoms with Crippen molar-refractivity contribution in [2.24, 2.45) is 0 Å². The molecule has 1 fully saturated rings. The molecular formula is C21H16BrClN2OS2. The Bertz CT molecular complexity index is 1150. The van der Waals surface area contributed by atoms with Crippen LogP contribution in [0.1, 0.15) is 25.5 Å². The molecule has 2 aromatic carbocycles. The van der Waals surface area contributed by atoms with Crippen LogP contribution >= 0.6 is 51.5 Å². The first-order chi connectivity index (χ1) is 13.4. The number of amides is 1. The van der Waals surface area contributed by atoms with Crippen LogP contribution in [0.3, 0.4) is 0 Å². The summed E-state index contributed by atoms with van der Waals surface area (Å²) in [5.41, 5.74) is 2.83. The lowest BCUT2D eigenvalue weighted by Crippen LogP contribution is -2.27. The van der Waals surface area contributed by atoms with E-state index in [-0.39, 0.29) is 5.91 Å². The molecule has 142 valence electrons. The summed E-state index contributed by atoms with van der Waals surface area (Å²) < 4.78 is 3.50. The summed E-state index contributed by atoms with van der Waals surface area (Å²) in [4.78, 5) is 15.2. The Labute approximate surface area is 186 Å². The molecular weight excluding hydrogens is 476 g/mol. The quantitative estimate of drug-likeness (QED) is 0.290. The van der Waals surface area contributed by atoms with Gasteiger partial charge in [0.05, 0.1) is 15.6 Å². The second-order valence-electron chi connectivity index (χ2n) is 6.72. The number of thiocarbonyl (C=S) groups is 1. The number of halogens is 2. The molecule has 0 atom stereocenters. The van der Waals surface area contributed by atoms with Crippen molar-refractivity contribution in [2.45, 2.75) is 19.9 Å². The topological polar surface area (TPSA) is 25.2 Å². The van der Waals surface area contributed by atoms with Gasteiger partial charge >= 0.3 is 0 Å². The Morgan fingerprint density at radius 3 is 2.68 bits per heavy atom. The number of nitrogens with zero attached hydrogens (tertiary/aromatic N) is 2. The second kappa shape index (κ2) is 7.67. The summed E-state index contributed by atoms with van der Waals surface area (Å²) in [6.07, 6.45) is 4.03. The van der Waals surface area contributed by atoms with Gasteiger partial charge in [0.25, 0.3) is 5.91 Å². The Hall–Kier alpha value is -1.60. The van der Waals surface area contributed by atoms with Gasteiger partial charge < -0.3 is 4.57 Å². The van der Waals surface area contributed by atoms with Crippen LogP contribution < -0.4 is 4.90 Å². The fraction of sp³-hybridized carbons (Fsp3) is 0.143. The molecule has 2 heterocycles. The van der Waals surface area contributed by atoms with E-state index in [0.717, 1.165) is 20.9 Å². The van der Waals surface area contributed by atoms with E-state index in [1.807, 2.05) is 30.3 Å². The van der Waals surface area contributed by atoms with E-state index >= 15 is 0 Å². The van der Waals surface area contributed by atoms with E-state index in [0.29, 0.717) is 26.0 Å². The minimum Gasteiger partial charge on any atom is -0.344 e. The Kier molecular flexibility index (Phi) is 5.40. The van der Waals surface area contributed by atoms with Gasteiger partial charge in [0.2, 0.25) is 0 Å². The molecule has 4 rings (SSSR count). The number of fused-ring (bicyclic) bond motifs is 1. The molecule has 0 N–H and O–H groups in total. The molecule has 0 saturated carbocycles. The summed E-state index contributed by atoms with van der Waals surface area (Å²) in [5, 5.41) is 1.66. The highest BCUT2D eigenvalue weighted by atomic mass is 79.9. The van der Waals surface area contributed by atoms with Crippen LogP contribution in [0.4, 0.5) is 5.69 Å². The maximum absolute atomic E-state index is 13.1. The Morgan fingerprint density at radius 2 is 1.96 bits per heavy atom. The average molecular weight is 492 g/mol. The third-order valence-corrected chi connectivity index (χ3v) is 7.10. The van der Waals surface area contributed by atoms with Gasteiger partial charge in [0.15, 0.2) is 4.32 Å². The van der Waals surface area contributed by atoms with Gasteiger partial charge in [-0.1, -0.05) is 53.8 Å². The number of carbonyl (C=O) groups excluding carboxylic acids is 1. The summed E-state index contributed by atoms with van der Waals surface area (Å²) >= 11 is 16.4. The van der Waals surface area contributed by atoms with Crippen molar-refractivity contribution >= 4 is 84.4 Å². The molecule has 3 aromatic rings. The summed E-state index contributed by atoms with van der Waals surface area (Å²) in [6, 6.07) is 13.9. The number of benzene rings is 2. The normalized spacial score (nSPS) is 16.2. The van der Waals surface area contributed by atoms with Crippen molar-refractivity contribution in [3.63, 3.8) is 0 Å². The molecule has 7 heteroatoms. The van der Waals surface area contributed by atoms with Gasteiger partial charge in [-0.2, -0.15) is 0 Å². The van der Waals surface area contributed by atoms with E-state index in [1.165, 1.54) is 16.7 Å². The zero-order valence-corrected chi connectivity index (χ0v) is 19.1. The van der Waals surface area contributed by atoms with Crippen LogP contribution in [0.15, 0.2) is 58.0 Å². The molecule has 3 nitrogen and oxygen atoms in total. The van der Waals surface area contributed by atoms with E-state index in [4.69, 9.17) is 23.8 Å². The third kappa shape index (κ3) is 3.43. The standard InChI is InChI=1S/C21H16BrClN2OS2/c1-12(2)24-11-13(15-5-3-4-6-18(15)24)9-19-20(26)25(21(27)28-19)14-7-8-16(22)17(23)10-14/h3-12H,1-2H3/b19-9+. The lowest BCUT2D eigenvalue weighted by molar-refractivity contribution is -0.113. The summed E-state index contributed by atoms with van der Waals surface area (Å²) in [7, 11) is 0. The molecule has 28 heavy (non-hydrogen) atoms. The minimum absolute atomic E-state index is 0.130. The maximum atomic E-state index is 13.1. The van der Waals surface area contributed by atoms with Gasteiger partial charge in [-0.15, -0.1) is 0 Å². The molecule has 1 saturated heterocycles. The lowest BCUT2D eigenvalue weighted by atomic mass is 10.1. The number of thioether (sulfide) groups is 1. The first-order valence-corrected chi connectivity index (χ1v) is 11.1. The van der Waals surface area contributed by atoms with Gasteiger partial charge in [-0.05, 0) is 60.1 Å². The molecule has 1 amide bonds. The van der Waals surface area contributed by atoms with Gasteiger partial charge in [-0.25, -0.2) is 0 Å². The highest BCUT2D eigenvalue weighted by Crippen LogP contribution is 2.39. The molecule has 0 unspecified atom stereocenters. The summed E-state index contributed by atoms with van der Waals surface area (Å²) in [5.74, 6) is -0.130. The maximum Gasteiger partial charge on any atom is 0.270 e. The number of para-hydroxylation sites is 1. The van der Waals surface area contributed by atoms with Crippen molar-refractivity contribution in [1.82, 2.24) is 4.57 Å². The van der Waals surface area contributed by atoms with Crippen molar-refractivity contribution in [1.29, 1.82) is 0 Å². The number of anilines is 1. The fourth-order valence-electron chi connectivity index (χ4n) is 3.23. The zero-order chi connectivity index (χ0) is 20.0. The van der Waals surface area contributed by atoms with Crippen LogP contribution in [-0.4, -0.2) is 14.8 Å². The second-order valence-corrected chi connectivity index (χ2v) is 9.66. The van der Waals surface area contributed by atoms with Crippen molar-refractivity contribution in [3.05, 3.63) is 68.6 Å². The molecule has 1 aliphatic rings. The predicted octanol–water partition coefficient (Wildman–Crippen LogP) is 7.04. The monoisotopic (exact) mass is 490 g/mol. The Morgan fingerprint density at radius 1 is 1.21 bits per heavy atom. The number of hydrogen-bond acceptors (Lipinski definition) is 3. The molecule has 0 bridgehead atoms. The SMILES string of the molecule is CC(C)n1cc(/C=C2/SC(=S)N(c3ccc(Br)c(Cl)c3)C2=O)c2ccccc21. The third-order valence-electron chi connectivity index (χ3n) is 4.57.